The van der Waals surface area contributed by atoms with Gasteiger partial charge in [-0.2, -0.15) is 0 Å². The van der Waals surface area contributed by atoms with Crippen molar-refractivity contribution in [2.45, 2.75) is 91.6 Å². The van der Waals surface area contributed by atoms with E-state index in [1.165, 1.54) is 0 Å². The van der Waals surface area contributed by atoms with Crippen molar-refractivity contribution in [3.8, 4) is 0 Å². The van der Waals surface area contributed by atoms with Crippen LogP contribution in [0.5, 0.6) is 0 Å². The van der Waals surface area contributed by atoms with Crippen LogP contribution in [0.4, 0.5) is 0 Å². The van der Waals surface area contributed by atoms with Gasteiger partial charge in [-0.3, -0.25) is 0 Å². The molecule has 0 aromatic rings. The number of unbranched alkanes of at least 4 members (excludes halogenated alkanes) is 4. The molecule has 0 saturated carbocycles. The van der Waals surface area contributed by atoms with Crippen molar-refractivity contribution >= 4 is 0 Å². The van der Waals surface area contributed by atoms with Gasteiger partial charge in [0, 0.05) is 13.2 Å². The molecule has 132 valence electrons. The average molecular weight is 310 g/mol. The third kappa shape index (κ3) is 45.1. The fourth-order valence-corrected chi connectivity index (χ4v) is 1.36. The molecule has 0 saturated heterocycles. The molecule has 0 aliphatic carbocycles. The highest BCUT2D eigenvalue weighted by Gasteiger charge is 1.94. The van der Waals surface area contributed by atoms with Crippen LogP contribution in [0.15, 0.2) is 0 Å². The summed E-state index contributed by atoms with van der Waals surface area (Å²) in [6, 6.07) is 0. The van der Waals surface area contributed by atoms with Crippen molar-refractivity contribution in [2.24, 2.45) is 0 Å². The third-order valence-corrected chi connectivity index (χ3v) is 2.54. The first-order chi connectivity index (χ1) is 9.95. The highest BCUT2D eigenvalue weighted by molar-refractivity contribution is 4.40. The summed E-state index contributed by atoms with van der Waals surface area (Å²) in [5, 5.41) is 33.3. The monoisotopic (exact) mass is 310 g/mol. The molecule has 0 aliphatic rings. The van der Waals surface area contributed by atoms with Crippen LogP contribution in [-0.4, -0.2) is 46.2 Å². The quantitative estimate of drug-likeness (QED) is 0.368. The normalized spacial score (nSPS) is 10.0. The number of hydrogen-bond acceptors (Lipinski definition) is 5. The van der Waals surface area contributed by atoms with E-state index in [0.29, 0.717) is 12.8 Å². The van der Waals surface area contributed by atoms with E-state index in [1.54, 1.807) is 0 Å². The molecule has 21 heavy (non-hydrogen) atoms. The Balaban J connectivity index is -0.000000239. The molecule has 0 heterocycles. The van der Waals surface area contributed by atoms with Crippen molar-refractivity contribution in [3.63, 3.8) is 0 Å². The number of hydrogen-bond donors (Lipinski definition) is 4. The first-order valence-corrected chi connectivity index (χ1v) is 8.26. The Hall–Kier alpha value is -0.200. The zero-order valence-corrected chi connectivity index (χ0v) is 14.4. The minimum Gasteiger partial charge on any atom is -0.382 e. The van der Waals surface area contributed by atoms with E-state index >= 15 is 0 Å². The van der Waals surface area contributed by atoms with Crippen molar-refractivity contribution < 1.29 is 25.2 Å². The molecule has 0 aliphatic heterocycles. The number of aliphatic hydroxyl groups is 4. The van der Waals surface area contributed by atoms with Crippen molar-refractivity contribution in [3.05, 3.63) is 0 Å². The Morgan fingerprint density at radius 2 is 0.952 bits per heavy atom. The predicted molar refractivity (Wildman–Crippen MR) is 86.9 cm³/mol. The molecule has 0 radical (unpaired) electrons. The highest BCUT2D eigenvalue weighted by atomic mass is 16.5. The van der Waals surface area contributed by atoms with Gasteiger partial charge >= 0.3 is 0 Å². The second kappa shape index (κ2) is 24.8. The second-order valence-electron chi connectivity index (χ2n) is 4.73. The average Bonchev–Trinajstić information content (AvgIpc) is 2.41. The molecule has 0 spiro atoms. The molecule has 0 atom stereocenters. The Morgan fingerprint density at radius 1 is 0.619 bits per heavy atom. The van der Waals surface area contributed by atoms with Gasteiger partial charge < -0.3 is 25.2 Å². The van der Waals surface area contributed by atoms with Crippen LogP contribution in [0.25, 0.3) is 0 Å². The lowest BCUT2D eigenvalue weighted by molar-refractivity contribution is -0.0472. The second-order valence-corrected chi connectivity index (χ2v) is 4.73. The zero-order chi connectivity index (χ0) is 16.9. The lowest BCUT2D eigenvalue weighted by Gasteiger charge is -1.99. The summed E-state index contributed by atoms with van der Waals surface area (Å²) < 4.78 is 4.83. The summed E-state index contributed by atoms with van der Waals surface area (Å²) in [6.45, 7) is 9.84. The molecule has 5 nitrogen and oxygen atoms in total. The minimum atomic E-state index is -1.10. The van der Waals surface area contributed by atoms with Crippen LogP contribution in [0.1, 0.15) is 79.1 Å². The first kappa shape index (κ1) is 25.7. The smallest absolute Gasteiger partial charge is 0.151 e. The lowest BCUT2D eigenvalue weighted by atomic mass is 10.2. The third-order valence-electron chi connectivity index (χ3n) is 2.54. The molecule has 4 N–H and O–H groups in total. The Labute approximate surface area is 131 Å². The SMILES string of the molecule is CCCCCC(O)O.CCCCCC(O)O.CCOCC. The van der Waals surface area contributed by atoms with Crippen LogP contribution in [0, 0.1) is 0 Å². The van der Waals surface area contributed by atoms with Crippen LogP contribution >= 0.6 is 0 Å². The predicted octanol–water partition coefficient (Wildman–Crippen LogP) is 2.80. The van der Waals surface area contributed by atoms with Gasteiger partial charge in [0.15, 0.2) is 12.6 Å². The molecule has 0 rings (SSSR count). The molecule has 0 aromatic carbocycles. The summed E-state index contributed by atoms with van der Waals surface area (Å²) >= 11 is 0. The van der Waals surface area contributed by atoms with Gasteiger partial charge in [-0.25, -0.2) is 0 Å². The molecule has 0 fully saturated rings. The standard InChI is InChI=1S/2C6H14O2.C4H10O/c2*1-2-3-4-5-6(7)8;1-3-5-4-2/h2*6-8H,2-5H2,1H3;3-4H2,1-2H3. The van der Waals surface area contributed by atoms with Gasteiger partial charge in [-0.05, 0) is 39.5 Å². The summed E-state index contributed by atoms with van der Waals surface area (Å²) in [5.74, 6) is 0. The van der Waals surface area contributed by atoms with Gasteiger partial charge in [0.2, 0.25) is 0 Å². The summed E-state index contributed by atoms with van der Waals surface area (Å²) in [7, 11) is 0. The molecule has 0 bridgehead atoms. The largest absolute Gasteiger partial charge is 0.382 e. The fraction of sp³-hybridized carbons (Fsp3) is 1.00. The molecule has 5 heteroatoms. The topological polar surface area (TPSA) is 90.2 Å². The minimum absolute atomic E-state index is 0.522. The van der Waals surface area contributed by atoms with Crippen molar-refractivity contribution in [1.82, 2.24) is 0 Å². The first-order valence-electron chi connectivity index (χ1n) is 8.26. The van der Waals surface area contributed by atoms with Crippen LogP contribution in [0.2, 0.25) is 0 Å². The maximum Gasteiger partial charge on any atom is 0.151 e. The van der Waals surface area contributed by atoms with Crippen LogP contribution in [0.3, 0.4) is 0 Å². The van der Waals surface area contributed by atoms with Gasteiger partial charge in [-0.15, -0.1) is 0 Å². The number of ether oxygens (including phenoxy) is 1. The van der Waals surface area contributed by atoms with Crippen LogP contribution < -0.4 is 0 Å². The Morgan fingerprint density at radius 3 is 1.10 bits per heavy atom. The zero-order valence-electron chi connectivity index (χ0n) is 14.4. The van der Waals surface area contributed by atoms with E-state index in [4.69, 9.17) is 25.2 Å². The molecular weight excluding hydrogens is 272 g/mol. The van der Waals surface area contributed by atoms with E-state index < -0.39 is 12.6 Å². The number of aliphatic hydroxyl groups excluding tert-OH is 2. The fourth-order valence-electron chi connectivity index (χ4n) is 1.36. The van der Waals surface area contributed by atoms with Gasteiger partial charge in [0.05, 0.1) is 0 Å². The summed E-state index contributed by atoms with van der Waals surface area (Å²) in [5.41, 5.74) is 0. The molecule has 0 aromatic heterocycles. The van der Waals surface area contributed by atoms with E-state index in [2.05, 4.69) is 13.8 Å². The molecule has 0 amide bonds. The summed E-state index contributed by atoms with van der Waals surface area (Å²) in [4.78, 5) is 0. The number of rotatable bonds is 10. The van der Waals surface area contributed by atoms with Crippen molar-refractivity contribution in [1.29, 1.82) is 0 Å². The van der Waals surface area contributed by atoms with Gasteiger partial charge in [0.1, 0.15) is 0 Å². The molecular formula is C16H38O5. The van der Waals surface area contributed by atoms with E-state index in [1.807, 2.05) is 13.8 Å². The van der Waals surface area contributed by atoms with Gasteiger partial charge in [0.25, 0.3) is 0 Å². The lowest BCUT2D eigenvalue weighted by Crippen LogP contribution is -2.02. The van der Waals surface area contributed by atoms with Crippen LogP contribution in [-0.2, 0) is 4.74 Å². The molecule has 0 unspecified atom stereocenters. The Bertz CT molecular complexity index is 136. The maximum atomic E-state index is 8.33. The van der Waals surface area contributed by atoms with E-state index in [0.717, 1.165) is 51.7 Å². The van der Waals surface area contributed by atoms with Crippen molar-refractivity contribution in [2.75, 3.05) is 13.2 Å². The highest BCUT2D eigenvalue weighted by Crippen LogP contribution is 2.00. The van der Waals surface area contributed by atoms with E-state index in [-0.39, 0.29) is 0 Å². The Kier molecular flexibility index (Phi) is 30.4. The van der Waals surface area contributed by atoms with E-state index in [9.17, 15) is 0 Å². The summed E-state index contributed by atoms with van der Waals surface area (Å²) in [6.07, 6.45) is 5.15. The van der Waals surface area contributed by atoms with Gasteiger partial charge in [-0.1, -0.05) is 39.5 Å². The maximum absolute atomic E-state index is 8.33.